The maximum absolute atomic E-state index is 13.9. The van der Waals surface area contributed by atoms with Gasteiger partial charge in [-0.15, -0.1) is 0 Å². The molecule has 1 N–H and O–H groups in total. The minimum Gasteiger partial charge on any atom is -0.487 e. The number of nitriles is 1. The van der Waals surface area contributed by atoms with Gasteiger partial charge in [0, 0.05) is 22.7 Å². The van der Waals surface area contributed by atoms with Crippen LogP contribution in [0.15, 0.2) is 46.0 Å². The number of aryl methyl sites for hydroxylation is 1. The number of methoxy groups -OCH3 is 1. The fourth-order valence-electron chi connectivity index (χ4n) is 3.12. The van der Waals surface area contributed by atoms with Crippen molar-refractivity contribution in [2.24, 2.45) is 5.10 Å². The molecule has 0 fully saturated rings. The Bertz CT molecular complexity index is 1360. The zero-order valence-corrected chi connectivity index (χ0v) is 25.6. The zero-order valence-electron chi connectivity index (χ0n) is 19.6. The number of halogens is 4. The van der Waals surface area contributed by atoms with Crippen molar-refractivity contribution in [1.82, 2.24) is 10.4 Å². The van der Waals surface area contributed by atoms with Gasteiger partial charge < -0.3 is 14.2 Å². The first-order chi connectivity index (χ1) is 17.7. The molecule has 0 atom stereocenters. The average molecular weight is 793 g/mol. The lowest BCUT2D eigenvalue weighted by Gasteiger charge is -2.13. The largest absolute Gasteiger partial charge is 0.487 e. The second-order valence-electron chi connectivity index (χ2n) is 7.49. The maximum atomic E-state index is 13.9. The normalized spacial score (nSPS) is 10.8. The third-order valence-electron chi connectivity index (χ3n) is 4.86. The van der Waals surface area contributed by atoms with Crippen molar-refractivity contribution in [2.75, 3.05) is 13.7 Å². The molecule has 2 aromatic carbocycles. The van der Waals surface area contributed by atoms with E-state index in [9.17, 15) is 14.4 Å². The Hall–Kier alpha value is -2.35. The molecule has 0 saturated carbocycles. The van der Waals surface area contributed by atoms with Gasteiger partial charge in [-0.2, -0.15) is 10.4 Å². The average Bonchev–Trinajstić information content (AvgIpc) is 2.86. The Kier molecular flexibility index (Phi) is 11.0. The smallest absolute Gasteiger partial charge is 0.278 e. The van der Waals surface area contributed by atoms with Crippen molar-refractivity contribution in [3.8, 4) is 17.7 Å². The molecule has 0 spiro atoms. The molecule has 0 bridgehead atoms. The number of ether oxygens (including phenoxy) is 3. The van der Waals surface area contributed by atoms with E-state index >= 15 is 0 Å². The Morgan fingerprint density at radius 1 is 1.24 bits per heavy atom. The molecule has 0 unspecified atom stereocenters. The third kappa shape index (κ3) is 7.82. The first kappa shape index (κ1) is 29.2. The van der Waals surface area contributed by atoms with Gasteiger partial charge in [-0.3, -0.25) is 4.79 Å². The fourth-order valence-corrected chi connectivity index (χ4v) is 5.65. The number of benzene rings is 2. The van der Waals surface area contributed by atoms with Crippen LogP contribution in [-0.4, -0.2) is 30.8 Å². The van der Waals surface area contributed by atoms with E-state index in [0.29, 0.717) is 27.0 Å². The van der Waals surface area contributed by atoms with E-state index < -0.39 is 5.91 Å². The van der Waals surface area contributed by atoms with Gasteiger partial charge in [0.25, 0.3) is 5.91 Å². The van der Waals surface area contributed by atoms with Crippen LogP contribution in [0.3, 0.4) is 0 Å². The second kappa shape index (κ2) is 14.0. The van der Waals surface area contributed by atoms with Crippen LogP contribution in [0.4, 0.5) is 4.39 Å². The number of carbonyl (C=O) groups excluding carboxylic acids is 1. The summed E-state index contributed by atoms with van der Waals surface area (Å²) in [5.41, 5.74) is 4.98. The minimum absolute atomic E-state index is 0.0458. The predicted octanol–water partition coefficient (Wildman–Crippen LogP) is 5.63. The topological polar surface area (TPSA) is 106 Å². The van der Waals surface area contributed by atoms with Crippen molar-refractivity contribution < 1.29 is 23.4 Å². The Balaban J connectivity index is 1.61. The molecular weight excluding hydrogens is 773 g/mol. The highest BCUT2D eigenvalue weighted by Crippen LogP contribution is 2.31. The summed E-state index contributed by atoms with van der Waals surface area (Å²) in [6.45, 7) is 1.66. The lowest BCUT2D eigenvalue weighted by Crippen LogP contribution is -2.25. The quantitative estimate of drug-likeness (QED) is 0.162. The van der Waals surface area contributed by atoms with E-state index in [4.69, 9.17) is 14.2 Å². The molecule has 0 aliphatic rings. The molecular formula is C25H20BrFI2N4O4. The Morgan fingerprint density at radius 3 is 2.59 bits per heavy atom. The van der Waals surface area contributed by atoms with E-state index in [1.54, 1.807) is 25.1 Å². The molecule has 12 heteroatoms. The number of hydrogen-bond acceptors (Lipinski definition) is 7. The van der Waals surface area contributed by atoms with Gasteiger partial charge in [-0.25, -0.2) is 14.8 Å². The van der Waals surface area contributed by atoms with Crippen LogP contribution < -0.4 is 14.9 Å². The summed E-state index contributed by atoms with van der Waals surface area (Å²) in [6.07, 6.45) is 1.49. The summed E-state index contributed by atoms with van der Waals surface area (Å²) in [6, 6.07) is 12.2. The highest BCUT2D eigenvalue weighted by Gasteiger charge is 2.18. The molecule has 37 heavy (non-hydrogen) atoms. The van der Waals surface area contributed by atoms with Gasteiger partial charge in [0.05, 0.1) is 25.7 Å². The van der Waals surface area contributed by atoms with Crippen LogP contribution in [0.1, 0.15) is 27.9 Å². The number of amides is 1. The molecule has 0 aliphatic heterocycles. The fraction of sp³-hybridized carbons (Fsp3) is 0.200. The van der Waals surface area contributed by atoms with Crippen LogP contribution in [0.2, 0.25) is 0 Å². The number of nitrogens with zero attached hydrogens (tertiary/aromatic N) is 3. The molecule has 0 aliphatic carbocycles. The number of hydrogen-bond donors (Lipinski definition) is 1. The van der Waals surface area contributed by atoms with Crippen molar-refractivity contribution >= 4 is 73.2 Å². The first-order valence-corrected chi connectivity index (χ1v) is 13.6. The lowest BCUT2D eigenvalue weighted by molar-refractivity contribution is -0.123. The molecule has 3 rings (SSSR count). The molecule has 8 nitrogen and oxygen atoms in total. The van der Waals surface area contributed by atoms with E-state index in [1.807, 2.05) is 12.1 Å². The number of rotatable bonds is 10. The van der Waals surface area contributed by atoms with E-state index in [-0.39, 0.29) is 37.1 Å². The van der Waals surface area contributed by atoms with Gasteiger partial charge in [-0.1, -0.05) is 18.2 Å². The minimum atomic E-state index is -0.523. The van der Waals surface area contributed by atoms with E-state index in [2.05, 4.69) is 82.7 Å². The summed E-state index contributed by atoms with van der Waals surface area (Å²) in [5, 5.41) is 13.5. The van der Waals surface area contributed by atoms with Crippen molar-refractivity contribution in [3.63, 3.8) is 0 Å². The van der Waals surface area contributed by atoms with Crippen molar-refractivity contribution in [3.05, 3.63) is 81.8 Å². The van der Waals surface area contributed by atoms with Gasteiger partial charge in [-0.05, 0) is 91.8 Å². The molecule has 0 saturated heterocycles. The van der Waals surface area contributed by atoms with Gasteiger partial charge in [0.2, 0.25) is 5.88 Å². The van der Waals surface area contributed by atoms with Crippen LogP contribution in [-0.2, 0) is 22.7 Å². The summed E-state index contributed by atoms with van der Waals surface area (Å²) in [4.78, 5) is 16.5. The highest BCUT2D eigenvalue weighted by atomic mass is 127. The lowest BCUT2D eigenvalue weighted by atomic mass is 10.1. The monoisotopic (exact) mass is 792 g/mol. The summed E-state index contributed by atoms with van der Waals surface area (Å²) < 4.78 is 32.6. The van der Waals surface area contributed by atoms with Crippen LogP contribution in [0, 0.1) is 31.2 Å². The molecule has 192 valence electrons. The SMILES string of the molecule is COCc1c(Br)c(C)nc(OCC(=O)N/N=C/c2cc(I)c(OCc3ccccc3F)c(I)c2)c1C#N. The number of carbonyl (C=O) groups is 1. The Labute approximate surface area is 249 Å². The Morgan fingerprint density at radius 2 is 1.95 bits per heavy atom. The van der Waals surface area contributed by atoms with Gasteiger partial charge in [0.15, 0.2) is 6.61 Å². The van der Waals surface area contributed by atoms with Crippen molar-refractivity contribution in [2.45, 2.75) is 20.1 Å². The zero-order chi connectivity index (χ0) is 26.9. The standard InChI is InChI=1S/C25H20BrFI2N4O4/c1-14-23(26)18(12-35-2)17(9-30)25(32-14)37-13-22(34)33-31-10-15-7-20(28)24(21(29)8-15)36-11-16-5-3-4-6-19(16)27/h3-8,10H,11-13H2,1-2H3,(H,33,34)/b31-10+. The van der Waals surface area contributed by atoms with Gasteiger partial charge in [0.1, 0.15) is 29.8 Å². The molecule has 0 radical (unpaired) electrons. The highest BCUT2D eigenvalue weighted by molar-refractivity contribution is 14.1. The number of pyridine rings is 1. The molecule has 1 aromatic heterocycles. The first-order valence-electron chi connectivity index (χ1n) is 10.6. The van der Waals surface area contributed by atoms with Crippen LogP contribution >= 0.6 is 61.1 Å². The number of hydrazone groups is 1. The van der Waals surface area contributed by atoms with Crippen molar-refractivity contribution in [1.29, 1.82) is 5.26 Å². The maximum Gasteiger partial charge on any atom is 0.278 e. The van der Waals surface area contributed by atoms with Gasteiger partial charge >= 0.3 is 0 Å². The third-order valence-corrected chi connectivity index (χ3v) is 7.52. The molecule has 3 aromatic rings. The van der Waals surface area contributed by atoms with E-state index in [0.717, 1.165) is 12.7 Å². The summed E-state index contributed by atoms with van der Waals surface area (Å²) in [5.74, 6) is -0.159. The summed E-state index contributed by atoms with van der Waals surface area (Å²) in [7, 11) is 1.52. The molecule has 1 amide bonds. The molecule has 1 heterocycles. The van der Waals surface area contributed by atoms with Crippen LogP contribution in [0.25, 0.3) is 0 Å². The number of nitrogens with one attached hydrogen (secondary N) is 1. The summed E-state index contributed by atoms with van der Waals surface area (Å²) >= 11 is 7.67. The van der Waals surface area contributed by atoms with E-state index in [1.165, 1.54) is 19.4 Å². The van der Waals surface area contributed by atoms with Crippen LogP contribution in [0.5, 0.6) is 11.6 Å². The second-order valence-corrected chi connectivity index (χ2v) is 10.6. The number of aromatic nitrogens is 1. The predicted molar refractivity (Wildman–Crippen MR) is 156 cm³/mol.